The Labute approximate surface area is 128 Å². The first kappa shape index (κ1) is 14.4. The Hall–Kier alpha value is -1.50. The quantitative estimate of drug-likeness (QED) is 0.870. The molecule has 0 aliphatic carbocycles. The standard InChI is InChI=1S/C14H18ClN5O/c15-12-8-11(9-13(21)19-5-2-1-3-6-19)17-14(18-12)20-7-4-16-10-20/h4,7-8,10,13,21H,1-3,5-6,9H2. The molecule has 1 unspecified atom stereocenters. The molecule has 1 fully saturated rings. The zero-order valence-corrected chi connectivity index (χ0v) is 12.4. The van der Waals surface area contributed by atoms with Gasteiger partial charge < -0.3 is 5.11 Å². The first-order valence-corrected chi connectivity index (χ1v) is 7.54. The average molecular weight is 308 g/mol. The minimum Gasteiger partial charge on any atom is -0.378 e. The van der Waals surface area contributed by atoms with E-state index < -0.39 is 6.23 Å². The Morgan fingerprint density at radius 1 is 1.24 bits per heavy atom. The molecule has 112 valence electrons. The van der Waals surface area contributed by atoms with Crippen molar-refractivity contribution in [2.45, 2.75) is 31.9 Å². The molecular formula is C14H18ClN5O. The second kappa shape index (κ2) is 6.51. The van der Waals surface area contributed by atoms with Crippen molar-refractivity contribution in [3.63, 3.8) is 0 Å². The number of aliphatic hydroxyl groups excluding tert-OH is 1. The first-order valence-electron chi connectivity index (χ1n) is 7.16. The van der Waals surface area contributed by atoms with Gasteiger partial charge in [0.05, 0.1) is 5.69 Å². The van der Waals surface area contributed by atoms with Crippen molar-refractivity contribution in [1.82, 2.24) is 24.4 Å². The number of aliphatic hydroxyl groups is 1. The maximum absolute atomic E-state index is 10.3. The van der Waals surface area contributed by atoms with Crippen molar-refractivity contribution >= 4 is 11.6 Å². The fourth-order valence-corrected chi connectivity index (χ4v) is 2.78. The van der Waals surface area contributed by atoms with E-state index in [2.05, 4.69) is 19.9 Å². The van der Waals surface area contributed by atoms with Gasteiger partial charge in [-0.1, -0.05) is 18.0 Å². The van der Waals surface area contributed by atoms with Gasteiger partial charge in [-0.3, -0.25) is 9.47 Å². The van der Waals surface area contributed by atoms with Gasteiger partial charge in [0.15, 0.2) is 0 Å². The summed E-state index contributed by atoms with van der Waals surface area (Å²) < 4.78 is 1.70. The van der Waals surface area contributed by atoms with Crippen LogP contribution in [0.5, 0.6) is 0 Å². The van der Waals surface area contributed by atoms with Crippen LogP contribution in [0.3, 0.4) is 0 Å². The third-order valence-corrected chi connectivity index (χ3v) is 3.87. The fraction of sp³-hybridized carbons (Fsp3) is 0.500. The summed E-state index contributed by atoms with van der Waals surface area (Å²) in [5.74, 6) is 0.473. The highest BCUT2D eigenvalue weighted by molar-refractivity contribution is 6.29. The van der Waals surface area contributed by atoms with Crippen molar-refractivity contribution in [2.24, 2.45) is 0 Å². The number of aromatic nitrogens is 4. The highest BCUT2D eigenvalue weighted by atomic mass is 35.5. The van der Waals surface area contributed by atoms with Crippen LogP contribution in [0.2, 0.25) is 5.15 Å². The van der Waals surface area contributed by atoms with Gasteiger partial charge in [0.25, 0.3) is 0 Å². The molecule has 0 bridgehead atoms. The third kappa shape index (κ3) is 3.58. The van der Waals surface area contributed by atoms with E-state index in [0.717, 1.165) is 31.6 Å². The molecular weight excluding hydrogens is 290 g/mol. The van der Waals surface area contributed by atoms with Crippen molar-refractivity contribution in [3.05, 3.63) is 35.6 Å². The average Bonchev–Trinajstić information content (AvgIpc) is 3.02. The molecule has 3 heterocycles. The maximum atomic E-state index is 10.3. The van der Waals surface area contributed by atoms with Gasteiger partial charge in [0, 0.05) is 31.9 Å². The first-order chi connectivity index (χ1) is 10.2. The Morgan fingerprint density at radius 3 is 2.76 bits per heavy atom. The third-order valence-electron chi connectivity index (χ3n) is 3.68. The van der Waals surface area contributed by atoms with Crippen LogP contribution in [0.15, 0.2) is 24.8 Å². The second-order valence-corrected chi connectivity index (χ2v) is 5.62. The fourth-order valence-electron chi connectivity index (χ4n) is 2.58. The summed E-state index contributed by atoms with van der Waals surface area (Å²) >= 11 is 6.06. The summed E-state index contributed by atoms with van der Waals surface area (Å²) in [4.78, 5) is 14.7. The number of piperidine rings is 1. The van der Waals surface area contributed by atoms with E-state index in [0.29, 0.717) is 17.5 Å². The lowest BCUT2D eigenvalue weighted by Gasteiger charge is -2.30. The van der Waals surface area contributed by atoms with Crippen LogP contribution >= 0.6 is 11.6 Å². The van der Waals surface area contributed by atoms with Crippen LogP contribution < -0.4 is 0 Å². The van der Waals surface area contributed by atoms with Gasteiger partial charge in [-0.05, 0) is 18.9 Å². The Kier molecular flexibility index (Phi) is 4.48. The molecule has 1 saturated heterocycles. The van der Waals surface area contributed by atoms with Crippen LogP contribution in [0.1, 0.15) is 25.0 Å². The number of hydrogen-bond acceptors (Lipinski definition) is 5. The van der Waals surface area contributed by atoms with Gasteiger partial charge >= 0.3 is 0 Å². The lowest BCUT2D eigenvalue weighted by molar-refractivity contribution is -0.00760. The van der Waals surface area contributed by atoms with E-state index >= 15 is 0 Å². The lowest BCUT2D eigenvalue weighted by atomic mass is 10.1. The molecule has 1 aliphatic heterocycles. The molecule has 0 saturated carbocycles. The minimum absolute atomic E-state index is 0.370. The number of nitrogens with zero attached hydrogens (tertiary/aromatic N) is 5. The molecule has 2 aromatic heterocycles. The van der Waals surface area contributed by atoms with E-state index in [1.165, 1.54) is 6.42 Å². The molecule has 0 spiro atoms. The normalized spacial score (nSPS) is 17.8. The Balaban J connectivity index is 1.75. The van der Waals surface area contributed by atoms with E-state index in [1.807, 2.05) is 0 Å². The highest BCUT2D eigenvalue weighted by Gasteiger charge is 2.19. The number of imidazole rings is 1. The monoisotopic (exact) mass is 307 g/mol. The van der Waals surface area contributed by atoms with E-state index in [-0.39, 0.29) is 0 Å². The number of rotatable bonds is 4. The van der Waals surface area contributed by atoms with Crippen LogP contribution in [0.25, 0.3) is 5.95 Å². The predicted molar refractivity (Wildman–Crippen MR) is 79.3 cm³/mol. The Bertz CT molecular complexity index is 583. The molecule has 2 aromatic rings. The van der Waals surface area contributed by atoms with Gasteiger partial charge in [-0.25, -0.2) is 15.0 Å². The minimum atomic E-state index is -0.521. The van der Waals surface area contributed by atoms with Crippen molar-refractivity contribution in [2.75, 3.05) is 13.1 Å². The lowest BCUT2D eigenvalue weighted by Crippen LogP contribution is -2.40. The second-order valence-electron chi connectivity index (χ2n) is 5.23. The van der Waals surface area contributed by atoms with Gasteiger partial charge in [0.2, 0.25) is 5.95 Å². The molecule has 1 atom stereocenters. The topological polar surface area (TPSA) is 67.1 Å². The van der Waals surface area contributed by atoms with Gasteiger partial charge in [-0.15, -0.1) is 0 Å². The van der Waals surface area contributed by atoms with Gasteiger partial charge in [-0.2, -0.15) is 0 Å². The van der Waals surface area contributed by atoms with Crippen molar-refractivity contribution in [1.29, 1.82) is 0 Å². The molecule has 6 nitrogen and oxygen atoms in total. The van der Waals surface area contributed by atoms with Crippen LogP contribution in [-0.4, -0.2) is 48.8 Å². The van der Waals surface area contributed by atoms with E-state index in [1.54, 1.807) is 29.4 Å². The molecule has 0 radical (unpaired) electrons. The number of hydrogen-bond donors (Lipinski definition) is 1. The van der Waals surface area contributed by atoms with E-state index in [4.69, 9.17) is 11.6 Å². The van der Waals surface area contributed by atoms with Crippen molar-refractivity contribution < 1.29 is 5.11 Å². The zero-order chi connectivity index (χ0) is 14.7. The number of halogens is 1. The van der Waals surface area contributed by atoms with Crippen LogP contribution in [-0.2, 0) is 6.42 Å². The summed E-state index contributed by atoms with van der Waals surface area (Å²) in [6.07, 6.45) is 8.49. The molecule has 3 rings (SSSR count). The molecule has 0 amide bonds. The summed E-state index contributed by atoms with van der Waals surface area (Å²) in [6, 6.07) is 1.70. The highest BCUT2D eigenvalue weighted by Crippen LogP contribution is 2.16. The smallest absolute Gasteiger partial charge is 0.236 e. The largest absolute Gasteiger partial charge is 0.378 e. The summed E-state index contributed by atoms with van der Waals surface area (Å²) in [6.45, 7) is 1.88. The van der Waals surface area contributed by atoms with Crippen molar-refractivity contribution in [3.8, 4) is 5.95 Å². The van der Waals surface area contributed by atoms with Gasteiger partial charge in [0.1, 0.15) is 17.7 Å². The molecule has 0 aromatic carbocycles. The molecule has 1 aliphatic rings. The SMILES string of the molecule is OC(Cc1cc(Cl)nc(-n2ccnc2)n1)N1CCCCC1. The molecule has 21 heavy (non-hydrogen) atoms. The molecule has 1 N–H and O–H groups in total. The zero-order valence-electron chi connectivity index (χ0n) is 11.7. The summed E-state index contributed by atoms with van der Waals surface area (Å²) in [5, 5.41) is 10.7. The number of likely N-dealkylation sites (tertiary alicyclic amines) is 1. The Morgan fingerprint density at radius 2 is 2.05 bits per heavy atom. The molecule has 7 heteroatoms. The van der Waals surface area contributed by atoms with E-state index in [9.17, 15) is 5.11 Å². The summed E-state index contributed by atoms with van der Waals surface area (Å²) in [7, 11) is 0. The predicted octanol–water partition coefficient (Wildman–Crippen LogP) is 1.66. The maximum Gasteiger partial charge on any atom is 0.236 e. The summed E-state index contributed by atoms with van der Waals surface area (Å²) in [5.41, 5.74) is 0.733. The van der Waals surface area contributed by atoms with Crippen LogP contribution in [0.4, 0.5) is 0 Å². The van der Waals surface area contributed by atoms with Crippen LogP contribution in [0, 0.1) is 0 Å².